The Labute approximate surface area is 232 Å². The van der Waals surface area contributed by atoms with Crippen LogP contribution in [0.1, 0.15) is 17.3 Å². The Balaban J connectivity index is 1.05. The molecular formula is C26H27ClN4O7S. The Morgan fingerprint density at radius 3 is 2.59 bits per heavy atom. The molecule has 1 unspecified atom stereocenters. The Kier molecular flexibility index (Phi) is 6.54. The van der Waals surface area contributed by atoms with Crippen LogP contribution in [0.3, 0.4) is 0 Å². The van der Waals surface area contributed by atoms with Crippen LogP contribution in [-0.4, -0.2) is 95.4 Å². The van der Waals surface area contributed by atoms with Gasteiger partial charge in [-0.05, 0) is 37.3 Å². The van der Waals surface area contributed by atoms with Crippen LogP contribution in [-0.2, 0) is 20.3 Å². The largest absolute Gasteiger partial charge is 0.454 e. The molecule has 11 nitrogen and oxygen atoms in total. The predicted molar refractivity (Wildman–Crippen MR) is 142 cm³/mol. The van der Waals surface area contributed by atoms with Gasteiger partial charge in [0, 0.05) is 56.1 Å². The zero-order valence-corrected chi connectivity index (χ0v) is 22.8. The number of carbonyl (C=O) groups is 3. The molecule has 13 heteroatoms. The summed E-state index contributed by atoms with van der Waals surface area (Å²) in [5, 5.41) is 2.89. The number of halogens is 1. The molecule has 4 heterocycles. The monoisotopic (exact) mass is 574 g/mol. The fraction of sp³-hybridized carbons (Fsp3) is 0.423. The number of piperazine rings is 1. The summed E-state index contributed by atoms with van der Waals surface area (Å²) in [5.41, 5.74) is 0.872. The van der Waals surface area contributed by atoms with Gasteiger partial charge in [0.1, 0.15) is 17.9 Å². The fourth-order valence-electron chi connectivity index (χ4n) is 5.40. The normalized spacial score (nSPS) is 21.8. The highest BCUT2D eigenvalue weighted by Crippen LogP contribution is 2.36. The third kappa shape index (κ3) is 4.87. The molecule has 3 amide bonds. The lowest BCUT2D eigenvalue weighted by atomic mass is 9.92. The number of benzene rings is 2. The molecule has 3 fully saturated rings. The highest BCUT2D eigenvalue weighted by atomic mass is 35.5. The molecule has 3 saturated heterocycles. The van der Waals surface area contributed by atoms with Gasteiger partial charge in [-0.1, -0.05) is 11.6 Å². The van der Waals surface area contributed by atoms with Crippen LogP contribution in [0.2, 0.25) is 5.02 Å². The number of hydrogen-bond donors (Lipinski definition) is 1. The van der Waals surface area contributed by atoms with Crippen molar-refractivity contribution in [2.45, 2.75) is 23.4 Å². The summed E-state index contributed by atoms with van der Waals surface area (Å²) in [6, 6.07) is 10.6. The van der Waals surface area contributed by atoms with Gasteiger partial charge in [-0.25, -0.2) is 4.79 Å². The van der Waals surface area contributed by atoms with E-state index in [1.807, 2.05) is 18.2 Å². The van der Waals surface area contributed by atoms with Crippen molar-refractivity contribution in [1.82, 2.24) is 15.1 Å². The number of carbonyl (C=O) groups excluding carboxylic acids is 3. The van der Waals surface area contributed by atoms with Gasteiger partial charge < -0.3 is 34.2 Å². The van der Waals surface area contributed by atoms with Crippen molar-refractivity contribution >= 4 is 46.0 Å². The molecular weight excluding hydrogens is 548 g/mol. The molecule has 0 radical (unpaired) electrons. The molecule has 2 aromatic carbocycles. The van der Waals surface area contributed by atoms with Crippen LogP contribution < -0.4 is 19.7 Å². The van der Waals surface area contributed by atoms with E-state index in [1.165, 1.54) is 11.0 Å². The van der Waals surface area contributed by atoms with Gasteiger partial charge in [-0.3, -0.25) is 13.8 Å². The maximum Gasteiger partial charge on any atom is 0.407 e. The van der Waals surface area contributed by atoms with Gasteiger partial charge in [0.25, 0.3) is 5.91 Å². The van der Waals surface area contributed by atoms with Crippen molar-refractivity contribution in [1.29, 1.82) is 0 Å². The number of likely N-dealkylation sites (tertiary alicyclic amines) is 1. The van der Waals surface area contributed by atoms with Crippen LogP contribution in [0.25, 0.3) is 0 Å². The first-order valence-corrected chi connectivity index (χ1v) is 14.3. The standard InChI is InChI=1S/C26H27ClN4O7S/c1-16-10-29(6-7-31(16)18-3-4-20-21(9-18)38-15-37-20)24(33)17-2-5-22(19(27)8-17)39(35)11-23(32)30-12-26(13-30)14-36-25(34)28-26/h2-5,8-9,16H,6-7,10-15H2,1H3,(H,28,34)/t16-,39?/m0/s1. The van der Waals surface area contributed by atoms with Crippen molar-refractivity contribution in [2.24, 2.45) is 0 Å². The third-order valence-electron chi connectivity index (χ3n) is 7.47. The number of ether oxygens (including phenoxy) is 3. The summed E-state index contributed by atoms with van der Waals surface area (Å²) in [7, 11) is -1.68. The summed E-state index contributed by atoms with van der Waals surface area (Å²) in [6.45, 7) is 4.83. The van der Waals surface area contributed by atoms with Gasteiger partial charge >= 0.3 is 6.09 Å². The van der Waals surface area contributed by atoms with Crippen LogP contribution in [0.5, 0.6) is 11.5 Å². The summed E-state index contributed by atoms with van der Waals surface area (Å²) < 4.78 is 28.7. The Morgan fingerprint density at radius 2 is 1.87 bits per heavy atom. The number of hydrogen-bond acceptors (Lipinski definition) is 8. The smallest absolute Gasteiger partial charge is 0.407 e. The highest BCUT2D eigenvalue weighted by Gasteiger charge is 2.51. The fourth-order valence-corrected chi connectivity index (χ4v) is 6.89. The summed E-state index contributed by atoms with van der Waals surface area (Å²) in [6.07, 6.45) is -0.492. The molecule has 4 aliphatic rings. The van der Waals surface area contributed by atoms with Crippen LogP contribution in [0.4, 0.5) is 10.5 Å². The summed E-state index contributed by atoms with van der Waals surface area (Å²) >= 11 is 6.43. The second-order valence-corrected chi connectivity index (χ2v) is 12.0. The number of alkyl carbamates (subject to hydrolysis) is 1. The van der Waals surface area contributed by atoms with Crippen molar-refractivity contribution in [3.05, 3.63) is 47.0 Å². The molecule has 1 N–H and O–H groups in total. The number of rotatable bonds is 5. The van der Waals surface area contributed by atoms with Crippen LogP contribution in [0.15, 0.2) is 41.3 Å². The number of fused-ring (bicyclic) bond motifs is 1. The van der Waals surface area contributed by atoms with E-state index in [0.717, 1.165) is 17.2 Å². The van der Waals surface area contributed by atoms with E-state index < -0.39 is 22.4 Å². The Bertz CT molecular complexity index is 1380. The molecule has 2 aromatic rings. The first-order valence-electron chi connectivity index (χ1n) is 12.6. The Hall–Kier alpha value is -3.51. The zero-order valence-electron chi connectivity index (χ0n) is 21.2. The minimum Gasteiger partial charge on any atom is -0.454 e. The van der Waals surface area contributed by atoms with Gasteiger partial charge in [0.05, 0.1) is 20.7 Å². The van der Waals surface area contributed by atoms with Gasteiger partial charge in [-0.15, -0.1) is 0 Å². The van der Waals surface area contributed by atoms with E-state index in [9.17, 15) is 18.6 Å². The van der Waals surface area contributed by atoms with Crippen molar-refractivity contribution < 1.29 is 32.8 Å². The van der Waals surface area contributed by atoms with E-state index in [1.54, 1.807) is 17.0 Å². The molecule has 206 valence electrons. The lowest BCUT2D eigenvalue weighted by Crippen LogP contribution is -2.70. The second-order valence-electron chi connectivity index (χ2n) is 10.2. The van der Waals surface area contributed by atoms with Gasteiger partial charge in [0.15, 0.2) is 11.5 Å². The van der Waals surface area contributed by atoms with Crippen LogP contribution >= 0.6 is 11.6 Å². The molecule has 0 bridgehead atoms. The maximum atomic E-state index is 13.3. The number of amides is 3. The van der Waals surface area contributed by atoms with Crippen molar-refractivity contribution in [2.75, 3.05) is 56.8 Å². The van der Waals surface area contributed by atoms with Crippen LogP contribution in [0, 0.1) is 0 Å². The molecule has 6 rings (SSSR count). The number of anilines is 1. The van der Waals surface area contributed by atoms with Crippen molar-refractivity contribution in [3.63, 3.8) is 0 Å². The lowest BCUT2D eigenvalue weighted by Gasteiger charge is -2.45. The Morgan fingerprint density at radius 1 is 1.08 bits per heavy atom. The summed E-state index contributed by atoms with van der Waals surface area (Å²) in [4.78, 5) is 43.0. The molecule has 0 aromatic heterocycles. The molecule has 4 aliphatic heterocycles. The SMILES string of the molecule is C[C@H]1CN(C(=O)c2ccc(S(=O)CC(=O)N3CC4(COC(=O)N4)C3)c(Cl)c2)CCN1c1ccc2c(c1)OCO2. The van der Waals surface area contributed by atoms with E-state index in [4.69, 9.17) is 25.8 Å². The molecule has 0 aliphatic carbocycles. The van der Waals surface area contributed by atoms with E-state index in [0.29, 0.717) is 43.2 Å². The topological polar surface area (TPSA) is 118 Å². The number of nitrogens with one attached hydrogen (secondary N) is 1. The van der Waals surface area contributed by atoms with Gasteiger partial charge in [0.2, 0.25) is 12.7 Å². The first-order chi connectivity index (χ1) is 18.7. The maximum absolute atomic E-state index is 13.3. The molecule has 1 spiro atoms. The number of nitrogens with zero attached hydrogens (tertiary/aromatic N) is 3. The first kappa shape index (κ1) is 25.8. The van der Waals surface area contributed by atoms with Crippen molar-refractivity contribution in [3.8, 4) is 11.5 Å². The second kappa shape index (κ2) is 9.91. The van der Waals surface area contributed by atoms with E-state index >= 15 is 0 Å². The van der Waals surface area contributed by atoms with E-state index in [2.05, 4.69) is 17.1 Å². The third-order valence-corrected chi connectivity index (χ3v) is 9.25. The zero-order chi connectivity index (χ0) is 27.3. The van der Waals surface area contributed by atoms with Gasteiger partial charge in [-0.2, -0.15) is 0 Å². The average molecular weight is 575 g/mol. The number of cyclic esters (lactones) is 1. The molecule has 0 saturated carbocycles. The predicted octanol–water partition coefficient (Wildman–Crippen LogP) is 1.85. The molecule has 39 heavy (non-hydrogen) atoms. The highest BCUT2D eigenvalue weighted by molar-refractivity contribution is 7.85. The van der Waals surface area contributed by atoms with E-state index in [-0.39, 0.29) is 42.0 Å². The lowest BCUT2D eigenvalue weighted by molar-refractivity contribution is -0.136. The quantitative estimate of drug-likeness (QED) is 0.575. The molecule has 2 atom stereocenters. The summed E-state index contributed by atoms with van der Waals surface area (Å²) in [5.74, 6) is 0.753. The average Bonchev–Trinajstić information content (AvgIpc) is 3.53. The minimum atomic E-state index is -1.68. The minimum absolute atomic E-state index is 0.0705.